The van der Waals surface area contributed by atoms with Crippen LogP contribution in [0.25, 0.3) is 21.5 Å². The van der Waals surface area contributed by atoms with Crippen LogP contribution in [0.4, 0.5) is 0 Å². The van der Waals surface area contributed by atoms with Crippen LogP contribution < -0.4 is 0 Å². The molecule has 0 saturated carbocycles. The van der Waals surface area contributed by atoms with Gasteiger partial charge in [0.2, 0.25) is 0 Å². The van der Waals surface area contributed by atoms with Crippen LogP contribution in [0, 0.1) is 6.92 Å². The van der Waals surface area contributed by atoms with E-state index in [-0.39, 0.29) is 0 Å². The summed E-state index contributed by atoms with van der Waals surface area (Å²) in [6.45, 7) is 11.2. The van der Waals surface area contributed by atoms with E-state index < -0.39 is 0 Å². The molecule has 0 atom stereocenters. The molecule has 0 nitrogen and oxygen atoms in total. The monoisotopic (exact) mass is 396 g/mol. The SMILES string of the molecule is CCCc1ccc2ccccc2c1CCC.Cc1ccc2ccccc2c1C(C)C. The Labute approximate surface area is 183 Å². The Morgan fingerprint density at radius 2 is 1.20 bits per heavy atom. The van der Waals surface area contributed by atoms with Crippen molar-refractivity contribution in [2.45, 2.75) is 66.2 Å². The van der Waals surface area contributed by atoms with Gasteiger partial charge in [-0.25, -0.2) is 0 Å². The smallest absolute Gasteiger partial charge is 0.0147 e. The third-order valence-electron chi connectivity index (χ3n) is 5.92. The van der Waals surface area contributed by atoms with Crippen LogP contribution in [-0.4, -0.2) is 0 Å². The molecule has 0 heteroatoms. The van der Waals surface area contributed by atoms with Gasteiger partial charge in [-0.1, -0.05) is 113 Å². The molecule has 0 aliphatic carbocycles. The molecule has 0 aliphatic rings. The van der Waals surface area contributed by atoms with Gasteiger partial charge in [0.05, 0.1) is 0 Å². The van der Waals surface area contributed by atoms with Crippen molar-refractivity contribution in [3.8, 4) is 0 Å². The van der Waals surface area contributed by atoms with E-state index in [0.717, 1.165) is 0 Å². The van der Waals surface area contributed by atoms with E-state index in [1.54, 1.807) is 11.1 Å². The fourth-order valence-electron chi connectivity index (χ4n) is 4.60. The Morgan fingerprint density at radius 1 is 0.633 bits per heavy atom. The first-order valence-corrected chi connectivity index (χ1v) is 11.5. The van der Waals surface area contributed by atoms with Crippen LogP contribution in [0.2, 0.25) is 0 Å². The third kappa shape index (κ3) is 4.93. The maximum Gasteiger partial charge on any atom is -0.0147 e. The first-order chi connectivity index (χ1) is 14.6. The number of rotatable bonds is 5. The van der Waals surface area contributed by atoms with Crippen LogP contribution in [0.1, 0.15) is 68.7 Å². The lowest BCUT2D eigenvalue weighted by Gasteiger charge is -2.13. The Kier molecular flexibility index (Phi) is 7.69. The van der Waals surface area contributed by atoms with Gasteiger partial charge in [-0.05, 0) is 69.5 Å². The fourth-order valence-corrected chi connectivity index (χ4v) is 4.60. The predicted molar refractivity (Wildman–Crippen MR) is 135 cm³/mol. The van der Waals surface area contributed by atoms with Gasteiger partial charge in [-0.3, -0.25) is 0 Å². The van der Waals surface area contributed by atoms with Crippen molar-refractivity contribution in [3.05, 3.63) is 95.1 Å². The summed E-state index contributed by atoms with van der Waals surface area (Å²) in [6, 6.07) is 26.4. The molecule has 156 valence electrons. The highest BCUT2D eigenvalue weighted by atomic mass is 14.1. The van der Waals surface area contributed by atoms with E-state index in [1.807, 2.05) is 0 Å². The van der Waals surface area contributed by atoms with E-state index in [1.165, 1.54) is 58.4 Å². The molecule has 0 fully saturated rings. The summed E-state index contributed by atoms with van der Waals surface area (Å²) in [4.78, 5) is 0. The molecule has 0 saturated heterocycles. The highest BCUT2D eigenvalue weighted by molar-refractivity contribution is 5.87. The van der Waals surface area contributed by atoms with Gasteiger partial charge in [-0.15, -0.1) is 0 Å². The second-order valence-corrected chi connectivity index (χ2v) is 8.60. The summed E-state index contributed by atoms with van der Waals surface area (Å²) in [6.07, 6.45) is 4.87. The molecule has 0 spiro atoms. The minimum absolute atomic E-state index is 0.598. The van der Waals surface area contributed by atoms with Crippen LogP contribution >= 0.6 is 0 Å². The maximum atomic E-state index is 2.32. The van der Waals surface area contributed by atoms with Crippen molar-refractivity contribution in [2.24, 2.45) is 0 Å². The minimum Gasteiger partial charge on any atom is -0.0651 e. The molecule has 0 unspecified atom stereocenters. The second kappa shape index (κ2) is 10.4. The lowest BCUT2D eigenvalue weighted by Crippen LogP contribution is -1.95. The van der Waals surface area contributed by atoms with Crippen LogP contribution in [0.5, 0.6) is 0 Å². The number of hydrogen-bond donors (Lipinski definition) is 0. The first kappa shape index (κ1) is 22.1. The van der Waals surface area contributed by atoms with Crippen LogP contribution in [-0.2, 0) is 12.8 Å². The molecule has 4 rings (SSSR count). The summed E-state index contributed by atoms with van der Waals surface area (Å²) < 4.78 is 0. The lowest BCUT2D eigenvalue weighted by atomic mass is 9.92. The third-order valence-corrected chi connectivity index (χ3v) is 5.92. The molecule has 0 bridgehead atoms. The van der Waals surface area contributed by atoms with E-state index in [4.69, 9.17) is 0 Å². The zero-order chi connectivity index (χ0) is 21.5. The number of aryl methyl sites for hydroxylation is 3. The molecule has 0 heterocycles. The Balaban J connectivity index is 0.000000172. The highest BCUT2D eigenvalue weighted by Gasteiger charge is 2.07. The zero-order valence-electron chi connectivity index (χ0n) is 19.3. The second-order valence-electron chi connectivity index (χ2n) is 8.60. The summed E-state index contributed by atoms with van der Waals surface area (Å²) in [7, 11) is 0. The Morgan fingerprint density at radius 3 is 1.83 bits per heavy atom. The van der Waals surface area contributed by atoms with Crippen molar-refractivity contribution in [1.29, 1.82) is 0 Å². The molecule has 4 aromatic carbocycles. The summed E-state index contributed by atoms with van der Waals surface area (Å²) in [5, 5.41) is 5.59. The highest BCUT2D eigenvalue weighted by Crippen LogP contribution is 2.28. The predicted octanol–water partition coefficient (Wildman–Crippen LogP) is 9.02. The summed E-state index contributed by atoms with van der Waals surface area (Å²) in [5.41, 5.74) is 6.01. The van der Waals surface area contributed by atoms with E-state index in [0.29, 0.717) is 5.92 Å². The van der Waals surface area contributed by atoms with Gasteiger partial charge in [0.25, 0.3) is 0 Å². The quantitative estimate of drug-likeness (QED) is 0.315. The topological polar surface area (TPSA) is 0 Å². The molecule has 0 N–H and O–H groups in total. The van der Waals surface area contributed by atoms with E-state index >= 15 is 0 Å². The Bertz CT molecular complexity index is 1100. The number of fused-ring (bicyclic) bond motifs is 2. The number of benzene rings is 4. The lowest BCUT2D eigenvalue weighted by molar-refractivity contribution is 0.867. The van der Waals surface area contributed by atoms with Crippen molar-refractivity contribution in [2.75, 3.05) is 0 Å². The molecule has 4 aromatic rings. The molecular formula is C30H36. The van der Waals surface area contributed by atoms with E-state index in [9.17, 15) is 0 Å². The minimum atomic E-state index is 0.598. The van der Waals surface area contributed by atoms with Gasteiger partial charge in [-0.2, -0.15) is 0 Å². The molecular weight excluding hydrogens is 360 g/mol. The molecule has 0 aromatic heterocycles. The average Bonchev–Trinajstić information content (AvgIpc) is 2.75. The van der Waals surface area contributed by atoms with Gasteiger partial charge in [0.1, 0.15) is 0 Å². The molecule has 0 amide bonds. The largest absolute Gasteiger partial charge is 0.0651 e. The van der Waals surface area contributed by atoms with Gasteiger partial charge >= 0.3 is 0 Å². The van der Waals surface area contributed by atoms with Crippen LogP contribution in [0.3, 0.4) is 0 Å². The van der Waals surface area contributed by atoms with E-state index in [2.05, 4.69) is 107 Å². The Hall–Kier alpha value is -2.60. The average molecular weight is 397 g/mol. The summed E-state index contributed by atoms with van der Waals surface area (Å²) >= 11 is 0. The number of hydrogen-bond acceptors (Lipinski definition) is 0. The normalized spacial score (nSPS) is 11.0. The van der Waals surface area contributed by atoms with Crippen molar-refractivity contribution >= 4 is 21.5 Å². The van der Waals surface area contributed by atoms with Crippen molar-refractivity contribution in [1.82, 2.24) is 0 Å². The maximum absolute atomic E-state index is 2.32. The molecule has 0 radical (unpaired) electrons. The van der Waals surface area contributed by atoms with Gasteiger partial charge < -0.3 is 0 Å². The fraction of sp³-hybridized carbons (Fsp3) is 0.333. The standard InChI is InChI=1S/C16H20.C14H16/c1-3-7-13-11-12-14-9-5-6-10-16(14)15(13)8-4-2;1-10(2)14-11(3)8-9-12-6-4-5-7-13(12)14/h5-6,9-12H,3-4,7-8H2,1-2H3;4-10H,1-3H3. The zero-order valence-corrected chi connectivity index (χ0v) is 19.3. The van der Waals surface area contributed by atoms with Crippen LogP contribution in [0.15, 0.2) is 72.8 Å². The molecule has 30 heavy (non-hydrogen) atoms. The van der Waals surface area contributed by atoms with Crippen molar-refractivity contribution in [3.63, 3.8) is 0 Å². The summed E-state index contributed by atoms with van der Waals surface area (Å²) in [5.74, 6) is 0.598. The van der Waals surface area contributed by atoms with Gasteiger partial charge in [0, 0.05) is 0 Å². The van der Waals surface area contributed by atoms with Gasteiger partial charge in [0.15, 0.2) is 0 Å². The first-order valence-electron chi connectivity index (χ1n) is 11.5. The molecule has 0 aliphatic heterocycles. The van der Waals surface area contributed by atoms with Crippen molar-refractivity contribution < 1.29 is 0 Å².